The number of piperazine rings is 1. The third-order valence-electron chi connectivity index (χ3n) is 6.10. The van der Waals surface area contributed by atoms with Crippen LogP contribution in [0.15, 0.2) is 36.4 Å². The molecule has 3 nitrogen and oxygen atoms in total. The van der Waals surface area contributed by atoms with E-state index in [1.54, 1.807) is 0 Å². The van der Waals surface area contributed by atoms with Crippen LogP contribution < -0.4 is 9.80 Å². The Morgan fingerprint density at radius 2 is 1.56 bits per heavy atom. The van der Waals surface area contributed by atoms with E-state index in [0.29, 0.717) is 0 Å². The summed E-state index contributed by atoms with van der Waals surface area (Å²) in [5.74, 6) is 0. The fourth-order valence-corrected chi connectivity index (χ4v) is 4.69. The maximum atomic E-state index is 6.98. The van der Waals surface area contributed by atoms with E-state index in [4.69, 9.17) is 11.6 Å². The fourth-order valence-electron chi connectivity index (χ4n) is 4.36. The Labute approximate surface area is 168 Å². The van der Waals surface area contributed by atoms with Gasteiger partial charge in [0, 0.05) is 50.5 Å². The van der Waals surface area contributed by atoms with Gasteiger partial charge in [0.15, 0.2) is 0 Å². The Morgan fingerprint density at radius 3 is 2.22 bits per heavy atom. The van der Waals surface area contributed by atoms with Gasteiger partial charge in [-0.1, -0.05) is 42.8 Å². The van der Waals surface area contributed by atoms with Crippen molar-refractivity contribution < 1.29 is 0 Å². The number of likely N-dealkylation sites (N-methyl/N-ethyl adjacent to an activating group) is 1. The quantitative estimate of drug-likeness (QED) is 0.730. The summed E-state index contributed by atoms with van der Waals surface area (Å²) in [5.41, 5.74) is 6.22. The molecule has 2 aromatic rings. The van der Waals surface area contributed by atoms with E-state index in [1.165, 1.54) is 40.9 Å². The normalized spacial score (nSPS) is 18.3. The number of aryl methyl sites for hydroxylation is 1. The van der Waals surface area contributed by atoms with E-state index in [1.807, 2.05) is 0 Å². The van der Waals surface area contributed by atoms with Gasteiger partial charge in [0.2, 0.25) is 0 Å². The Hall–Kier alpha value is -1.71. The largest absolute Gasteiger partial charge is 0.370 e. The highest BCUT2D eigenvalue weighted by molar-refractivity contribution is 6.36. The number of nitrogens with zero attached hydrogens (tertiary/aromatic N) is 3. The molecule has 0 radical (unpaired) electrons. The lowest BCUT2D eigenvalue weighted by atomic mass is 9.98. The highest BCUT2D eigenvalue weighted by Crippen LogP contribution is 2.42. The van der Waals surface area contributed by atoms with Crippen LogP contribution in [-0.2, 0) is 0 Å². The molecule has 4 rings (SSSR count). The van der Waals surface area contributed by atoms with Crippen molar-refractivity contribution in [3.8, 4) is 11.1 Å². The lowest BCUT2D eigenvalue weighted by molar-refractivity contribution is 0.271. The summed E-state index contributed by atoms with van der Waals surface area (Å²) in [6.45, 7) is 12.2. The molecule has 2 fully saturated rings. The Balaban J connectivity index is 1.76. The molecule has 0 aliphatic carbocycles. The number of halogens is 1. The molecule has 4 heteroatoms. The molecule has 0 unspecified atom stereocenters. The smallest absolute Gasteiger partial charge is 0.0719 e. The standard InChI is InChI=1S/C23H30ClN3/c1-3-25-12-14-26(15-13-25)19-16-21(20-9-5-4-8-18(20)2)23(24)22(17-19)27-10-6-7-11-27/h4-5,8-9,16-17H,3,6-7,10-15H2,1-2H3. The van der Waals surface area contributed by atoms with Crippen LogP contribution in [0.2, 0.25) is 5.02 Å². The van der Waals surface area contributed by atoms with Crippen LogP contribution in [0.1, 0.15) is 25.3 Å². The molecule has 0 spiro atoms. The van der Waals surface area contributed by atoms with Gasteiger partial charge in [0.25, 0.3) is 0 Å². The van der Waals surface area contributed by atoms with Gasteiger partial charge in [-0.25, -0.2) is 0 Å². The third kappa shape index (κ3) is 3.81. The van der Waals surface area contributed by atoms with Crippen LogP contribution in [0.4, 0.5) is 11.4 Å². The average molecular weight is 384 g/mol. The highest BCUT2D eigenvalue weighted by atomic mass is 35.5. The van der Waals surface area contributed by atoms with Gasteiger partial charge in [-0.15, -0.1) is 0 Å². The Bertz CT molecular complexity index is 790. The SMILES string of the molecule is CCN1CCN(c2cc(-c3ccccc3C)c(Cl)c(N3CCCC3)c2)CC1. The molecule has 2 aliphatic rings. The van der Waals surface area contributed by atoms with Crippen molar-refractivity contribution in [2.24, 2.45) is 0 Å². The molecule has 2 aliphatic heterocycles. The van der Waals surface area contributed by atoms with Crippen LogP contribution in [0.25, 0.3) is 11.1 Å². The number of hydrogen-bond donors (Lipinski definition) is 0. The topological polar surface area (TPSA) is 9.72 Å². The predicted octanol–water partition coefficient (Wildman–Crippen LogP) is 5.06. The molecule has 2 aromatic carbocycles. The number of anilines is 2. The first kappa shape index (κ1) is 18.6. The van der Waals surface area contributed by atoms with Gasteiger partial charge in [0.05, 0.1) is 10.7 Å². The third-order valence-corrected chi connectivity index (χ3v) is 6.50. The molecule has 144 valence electrons. The molecule has 2 saturated heterocycles. The first-order valence-corrected chi connectivity index (χ1v) is 10.7. The molecule has 0 atom stereocenters. The second kappa shape index (κ2) is 8.12. The minimum atomic E-state index is 0.905. The van der Waals surface area contributed by atoms with Gasteiger partial charge in [0.1, 0.15) is 0 Å². The van der Waals surface area contributed by atoms with E-state index in [9.17, 15) is 0 Å². The maximum absolute atomic E-state index is 6.98. The van der Waals surface area contributed by atoms with Gasteiger partial charge in [-0.05, 0) is 49.6 Å². The molecule has 0 bridgehead atoms. The molecular weight excluding hydrogens is 354 g/mol. The summed E-state index contributed by atoms with van der Waals surface area (Å²) < 4.78 is 0. The summed E-state index contributed by atoms with van der Waals surface area (Å²) in [7, 11) is 0. The number of benzene rings is 2. The minimum absolute atomic E-state index is 0.905. The van der Waals surface area contributed by atoms with Crippen LogP contribution in [0, 0.1) is 6.92 Å². The van der Waals surface area contributed by atoms with Crippen molar-refractivity contribution in [1.82, 2.24) is 4.90 Å². The van der Waals surface area contributed by atoms with Crippen molar-refractivity contribution in [2.75, 3.05) is 55.6 Å². The van der Waals surface area contributed by atoms with Crippen LogP contribution in [0.3, 0.4) is 0 Å². The van der Waals surface area contributed by atoms with E-state index >= 15 is 0 Å². The van der Waals surface area contributed by atoms with E-state index in [0.717, 1.165) is 50.8 Å². The molecule has 0 amide bonds. The summed E-state index contributed by atoms with van der Waals surface area (Å²) in [5, 5.41) is 0.905. The predicted molar refractivity (Wildman–Crippen MR) is 117 cm³/mol. The van der Waals surface area contributed by atoms with Gasteiger partial charge >= 0.3 is 0 Å². The lowest BCUT2D eigenvalue weighted by Crippen LogP contribution is -2.46. The summed E-state index contributed by atoms with van der Waals surface area (Å²) in [6.07, 6.45) is 2.52. The van der Waals surface area contributed by atoms with Gasteiger partial charge in [-0.3, -0.25) is 0 Å². The maximum Gasteiger partial charge on any atom is 0.0719 e. The van der Waals surface area contributed by atoms with Crippen molar-refractivity contribution in [3.63, 3.8) is 0 Å². The van der Waals surface area contributed by atoms with Crippen molar-refractivity contribution in [3.05, 3.63) is 47.0 Å². The van der Waals surface area contributed by atoms with Crippen molar-refractivity contribution in [1.29, 1.82) is 0 Å². The molecule has 0 N–H and O–H groups in total. The number of rotatable bonds is 4. The fraction of sp³-hybridized carbons (Fsp3) is 0.478. The molecule has 0 aromatic heterocycles. The van der Waals surface area contributed by atoms with E-state index < -0.39 is 0 Å². The second-order valence-electron chi connectivity index (χ2n) is 7.76. The molecule has 0 saturated carbocycles. The van der Waals surface area contributed by atoms with E-state index in [2.05, 4.69) is 64.9 Å². The molecule has 27 heavy (non-hydrogen) atoms. The monoisotopic (exact) mass is 383 g/mol. The van der Waals surface area contributed by atoms with Crippen LogP contribution >= 0.6 is 11.6 Å². The Kier molecular flexibility index (Phi) is 5.60. The Morgan fingerprint density at radius 1 is 0.852 bits per heavy atom. The van der Waals surface area contributed by atoms with Gasteiger partial charge < -0.3 is 14.7 Å². The summed E-state index contributed by atoms with van der Waals surface area (Å²) in [6, 6.07) is 13.2. The average Bonchev–Trinajstić information content (AvgIpc) is 3.23. The first-order chi connectivity index (χ1) is 13.2. The molecular formula is C23H30ClN3. The highest BCUT2D eigenvalue weighted by Gasteiger charge is 2.23. The minimum Gasteiger partial charge on any atom is -0.370 e. The van der Waals surface area contributed by atoms with Crippen LogP contribution in [-0.4, -0.2) is 50.7 Å². The summed E-state index contributed by atoms with van der Waals surface area (Å²) in [4.78, 5) is 7.52. The first-order valence-electron chi connectivity index (χ1n) is 10.3. The zero-order chi connectivity index (χ0) is 18.8. The molecule has 2 heterocycles. The van der Waals surface area contributed by atoms with E-state index in [-0.39, 0.29) is 0 Å². The number of hydrogen-bond acceptors (Lipinski definition) is 3. The van der Waals surface area contributed by atoms with Gasteiger partial charge in [-0.2, -0.15) is 0 Å². The zero-order valence-electron chi connectivity index (χ0n) is 16.5. The van der Waals surface area contributed by atoms with Crippen LogP contribution in [0.5, 0.6) is 0 Å². The van der Waals surface area contributed by atoms with Crippen molar-refractivity contribution in [2.45, 2.75) is 26.7 Å². The van der Waals surface area contributed by atoms with Crippen molar-refractivity contribution >= 4 is 23.0 Å². The zero-order valence-corrected chi connectivity index (χ0v) is 17.3. The lowest BCUT2D eigenvalue weighted by Gasteiger charge is -2.36. The summed E-state index contributed by atoms with van der Waals surface area (Å²) >= 11 is 6.98. The second-order valence-corrected chi connectivity index (χ2v) is 8.13.